The molecule has 1 atom stereocenters. The Morgan fingerprint density at radius 1 is 0.878 bits per heavy atom. The molecule has 3 amide bonds. The topological polar surface area (TPSA) is 78.5 Å². The summed E-state index contributed by atoms with van der Waals surface area (Å²) in [5.74, 6) is -8.50. The lowest BCUT2D eigenvalue weighted by Gasteiger charge is -2.26. The Bertz CT molecular complexity index is 1520. The quantitative estimate of drug-likeness (QED) is 0.192. The van der Waals surface area contributed by atoms with Crippen molar-refractivity contribution < 1.29 is 36.3 Å². The highest BCUT2D eigenvalue weighted by Gasteiger charge is 2.38. The smallest absolute Gasteiger partial charge is 0.316 e. The van der Waals surface area contributed by atoms with Crippen LogP contribution in [0, 0.1) is 17.5 Å². The fraction of sp³-hybridized carbons (Fsp3) is 0.192. The van der Waals surface area contributed by atoms with Crippen molar-refractivity contribution in [2.24, 2.45) is 0 Å². The lowest BCUT2D eigenvalue weighted by molar-refractivity contribution is -0.128. The van der Waals surface area contributed by atoms with Gasteiger partial charge in [-0.1, -0.05) is 29.3 Å². The summed E-state index contributed by atoms with van der Waals surface area (Å²) < 4.78 is 66.8. The Labute approximate surface area is 250 Å². The largest absolute Gasteiger partial charge is 0.325 e. The minimum Gasteiger partial charge on any atom is -0.325 e. The molecule has 0 radical (unpaired) electrons. The fourth-order valence-electron chi connectivity index (χ4n) is 3.75. The van der Waals surface area contributed by atoms with Gasteiger partial charge in [0.25, 0.3) is 11.8 Å². The number of hydrogen-bond acceptors (Lipinski definition) is 3. The summed E-state index contributed by atoms with van der Waals surface area (Å²) in [5, 5.41) is 4.22. The van der Waals surface area contributed by atoms with Crippen LogP contribution in [0.2, 0.25) is 10.0 Å². The fourth-order valence-corrected chi connectivity index (χ4v) is 4.59. The van der Waals surface area contributed by atoms with E-state index in [0.29, 0.717) is 6.07 Å². The summed E-state index contributed by atoms with van der Waals surface area (Å²) in [6.45, 7) is 1.33. The molecular weight excluding hydrogens is 639 g/mol. The average Bonchev–Trinajstić information content (AvgIpc) is 2.87. The normalized spacial score (nSPS) is 12.2. The van der Waals surface area contributed by atoms with Gasteiger partial charge in [0.2, 0.25) is 5.91 Å². The lowest BCUT2D eigenvalue weighted by Crippen LogP contribution is -2.33. The SMILES string of the molecule is CN(C(=O)C(F)F)c1c(F)ccc(NC(=O)c2cc(NC(=O)[C@H](c3ccc(F)c(Cl)c3)C(C)(Cl)Cl)ccc2Cl)c1F. The summed E-state index contributed by atoms with van der Waals surface area (Å²) in [4.78, 5) is 37.8. The summed E-state index contributed by atoms with van der Waals surface area (Å²) in [6.07, 6.45) is -3.54. The number of carbonyl (C=O) groups excluding carboxylic acids is 3. The Morgan fingerprint density at radius 3 is 2.10 bits per heavy atom. The Morgan fingerprint density at radius 2 is 1.51 bits per heavy atom. The van der Waals surface area contributed by atoms with Gasteiger partial charge in [0.1, 0.15) is 21.7 Å². The van der Waals surface area contributed by atoms with Gasteiger partial charge in [-0.3, -0.25) is 14.4 Å². The van der Waals surface area contributed by atoms with Crippen molar-refractivity contribution in [3.05, 3.63) is 87.2 Å². The minimum atomic E-state index is -3.54. The molecular formula is C26H18Cl4F5N3O3. The second kappa shape index (κ2) is 12.8. The molecule has 0 saturated heterocycles. The van der Waals surface area contributed by atoms with Gasteiger partial charge in [-0.2, -0.15) is 8.78 Å². The van der Waals surface area contributed by atoms with Crippen LogP contribution in [0.5, 0.6) is 0 Å². The van der Waals surface area contributed by atoms with Gasteiger partial charge >= 0.3 is 6.43 Å². The minimum absolute atomic E-state index is 0.0165. The van der Waals surface area contributed by atoms with E-state index >= 15 is 4.39 Å². The number of rotatable bonds is 8. The van der Waals surface area contributed by atoms with Crippen molar-refractivity contribution in [1.29, 1.82) is 0 Å². The van der Waals surface area contributed by atoms with E-state index in [1.54, 1.807) is 0 Å². The molecule has 3 rings (SSSR count). The van der Waals surface area contributed by atoms with Crippen LogP contribution in [-0.2, 0) is 9.59 Å². The van der Waals surface area contributed by atoms with Crippen LogP contribution < -0.4 is 15.5 Å². The van der Waals surface area contributed by atoms with Crippen LogP contribution in [0.1, 0.15) is 28.8 Å². The van der Waals surface area contributed by atoms with E-state index < -0.39 is 63.2 Å². The van der Waals surface area contributed by atoms with Crippen LogP contribution in [-0.4, -0.2) is 35.5 Å². The van der Waals surface area contributed by atoms with Crippen LogP contribution in [0.4, 0.5) is 39.0 Å². The molecule has 6 nitrogen and oxygen atoms in total. The van der Waals surface area contributed by atoms with Crippen molar-refractivity contribution in [2.75, 3.05) is 22.6 Å². The number of halogens is 9. The first kappa shape index (κ1) is 32.4. The Balaban J connectivity index is 1.90. The molecule has 3 aromatic rings. The highest BCUT2D eigenvalue weighted by molar-refractivity contribution is 6.50. The van der Waals surface area contributed by atoms with E-state index in [1.807, 2.05) is 0 Å². The molecule has 15 heteroatoms. The molecule has 0 spiro atoms. The number of nitrogens with one attached hydrogen (secondary N) is 2. The maximum Gasteiger partial charge on any atom is 0.316 e. The number of carbonyl (C=O) groups is 3. The zero-order valence-corrected chi connectivity index (χ0v) is 23.9. The van der Waals surface area contributed by atoms with Crippen LogP contribution in [0.3, 0.4) is 0 Å². The highest BCUT2D eigenvalue weighted by atomic mass is 35.5. The van der Waals surface area contributed by atoms with E-state index in [0.717, 1.165) is 25.2 Å². The standard InChI is InChI=1S/C26H18Cl4F5N3O3/c1-26(29,30)19(11-3-6-16(31)15(28)9-11)24(40)36-12-4-5-14(27)13(10-12)23(39)37-18-8-7-17(32)21(20(18)33)38(2)25(41)22(34)35/h3-10,19,22H,1-2H3,(H,36,40)(H,37,39)/t19-/m0/s1. The molecule has 2 N–H and O–H groups in total. The molecule has 0 aliphatic heterocycles. The summed E-state index contributed by atoms with van der Waals surface area (Å²) in [7, 11) is 0.741. The molecule has 0 aromatic heterocycles. The number of benzene rings is 3. The van der Waals surface area contributed by atoms with Gasteiger partial charge in [0, 0.05) is 12.7 Å². The molecule has 0 aliphatic carbocycles. The Hall–Kier alpha value is -3.12. The van der Waals surface area contributed by atoms with Crippen LogP contribution >= 0.6 is 46.4 Å². The number of amides is 3. The molecule has 0 heterocycles. The van der Waals surface area contributed by atoms with Crippen molar-refractivity contribution in [2.45, 2.75) is 23.6 Å². The van der Waals surface area contributed by atoms with E-state index in [-0.39, 0.29) is 31.8 Å². The van der Waals surface area contributed by atoms with Crippen molar-refractivity contribution in [3.8, 4) is 0 Å². The predicted molar refractivity (Wildman–Crippen MR) is 148 cm³/mol. The molecule has 0 saturated carbocycles. The van der Waals surface area contributed by atoms with Crippen LogP contribution in [0.25, 0.3) is 0 Å². The van der Waals surface area contributed by atoms with E-state index in [2.05, 4.69) is 10.6 Å². The van der Waals surface area contributed by atoms with E-state index in [9.17, 15) is 31.9 Å². The van der Waals surface area contributed by atoms with E-state index in [4.69, 9.17) is 46.4 Å². The van der Waals surface area contributed by atoms with Crippen LogP contribution in [0.15, 0.2) is 48.5 Å². The van der Waals surface area contributed by atoms with Crippen molar-refractivity contribution in [3.63, 3.8) is 0 Å². The molecule has 0 unspecified atom stereocenters. The number of anilines is 3. The first-order valence-corrected chi connectivity index (χ1v) is 12.8. The highest BCUT2D eigenvalue weighted by Crippen LogP contribution is 2.40. The summed E-state index contributed by atoms with van der Waals surface area (Å²) >= 11 is 24.4. The third-order valence-corrected chi connectivity index (χ3v) is 6.75. The molecule has 41 heavy (non-hydrogen) atoms. The first-order chi connectivity index (χ1) is 19.0. The second-order valence-corrected chi connectivity index (χ2v) is 11.2. The maximum atomic E-state index is 15.0. The maximum absolute atomic E-state index is 15.0. The van der Waals surface area contributed by atoms with Gasteiger partial charge in [-0.25, -0.2) is 13.2 Å². The summed E-state index contributed by atoms with van der Waals surface area (Å²) in [5.41, 5.74) is -1.85. The summed E-state index contributed by atoms with van der Waals surface area (Å²) in [6, 6.07) is 8.65. The van der Waals surface area contributed by atoms with Gasteiger partial charge in [-0.15, -0.1) is 23.2 Å². The zero-order chi connectivity index (χ0) is 30.8. The zero-order valence-electron chi connectivity index (χ0n) is 20.8. The molecule has 218 valence electrons. The monoisotopic (exact) mass is 655 g/mol. The molecule has 0 fully saturated rings. The molecule has 3 aromatic carbocycles. The van der Waals surface area contributed by atoms with Gasteiger partial charge in [0.05, 0.1) is 27.2 Å². The third-order valence-electron chi connectivity index (χ3n) is 5.69. The molecule has 0 bridgehead atoms. The van der Waals surface area contributed by atoms with Crippen molar-refractivity contribution >= 4 is 81.2 Å². The number of hydrogen-bond donors (Lipinski definition) is 2. The number of nitrogens with zero attached hydrogens (tertiary/aromatic N) is 1. The van der Waals surface area contributed by atoms with Gasteiger partial charge in [-0.05, 0) is 55.0 Å². The third kappa shape index (κ3) is 7.40. The van der Waals surface area contributed by atoms with Gasteiger partial charge < -0.3 is 15.5 Å². The number of alkyl halides is 4. The predicted octanol–water partition coefficient (Wildman–Crippen LogP) is 7.81. The van der Waals surface area contributed by atoms with Crippen molar-refractivity contribution in [1.82, 2.24) is 0 Å². The first-order valence-electron chi connectivity index (χ1n) is 11.3. The van der Waals surface area contributed by atoms with Gasteiger partial charge in [0.15, 0.2) is 5.82 Å². The lowest BCUT2D eigenvalue weighted by atomic mass is 9.94. The molecule has 0 aliphatic rings. The average molecular weight is 657 g/mol. The van der Waals surface area contributed by atoms with E-state index in [1.165, 1.54) is 31.2 Å². The second-order valence-electron chi connectivity index (χ2n) is 8.66. The Kier molecular flexibility index (Phi) is 10.1.